The van der Waals surface area contributed by atoms with Gasteiger partial charge < -0.3 is 0 Å². The van der Waals surface area contributed by atoms with Crippen molar-refractivity contribution in [3.63, 3.8) is 0 Å². The number of hydrogen-bond donors (Lipinski definition) is 1. The van der Waals surface area contributed by atoms with Crippen molar-refractivity contribution in [2.45, 2.75) is 0 Å². The molecule has 0 heterocycles. The Bertz CT molecular complexity index is 256. The maximum absolute atomic E-state index is 11.2. The van der Waals surface area contributed by atoms with Crippen LogP contribution in [0.25, 0.3) is 0 Å². The van der Waals surface area contributed by atoms with Gasteiger partial charge >= 0.3 is 10.2 Å². The molecule has 0 atom stereocenters. The Morgan fingerprint density at radius 3 is 1.36 bits per heavy atom. The highest BCUT2D eigenvalue weighted by molar-refractivity contribution is 8.49. The van der Waals surface area contributed by atoms with Gasteiger partial charge in [0.15, 0.2) is 0 Å². The normalized spacial score (nSPS) is 20.5. The molecule has 0 aromatic rings. The Hall–Kier alpha value is -0.0900. The molecule has 0 saturated heterocycles. The van der Waals surface area contributed by atoms with E-state index in [1.807, 2.05) is 0 Å². The van der Waals surface area contributed by atoms with E-state index in [1.165, 1.54) is 0 Å². The molecule has 1 N–H and O–H groups in total. The summed E-state index contributed by atoms with van der Waals surface area (Å²) in [6.07, 6.45) is 0. The fraction of sp³-hybridized carbons (Fsp3) is 1.00. The molecular formula is CH3F5O3S2. The average molecular weight is 222 g/mol. The molecule has 0 radical (unpaired) electrons. The summed E-state index contributed by atoms with van der Waals surface area (Å²) < 4.78 is 82.2. The molecular weight excluding hydrogens is 219 g/mol. The lowest BCUT2D eigenvalue weighted by atomic mass is 11.9. The lowest BCUT2D eigenvalue weighted by molar-refractivity contribution is 0.369. The van der Waals surface area contributed by atoms with E-state index in [-0.39, 0.29) is 0 Å². The first-order valence-corrected chi connectivity index (χ1v) is 5.59. The Labute approximate surface area is 58.7 Å². The van der Waals surface area contributed by atoms with E-state index in [0.717, 1.165) is 0 Å². The smallest absolute Gasteiger partial charge is 0.285 e. The van der Waals surface area contributed by atoms with E-state index in [1.54, 1.807) is 0 Å². The zero-order valence-electron chi connectivity index (χ0n) is 4.68. The first-order chi connectivity index (χ1) is 4.18. The quantitative estimate of drug-likeness (QED) is 0.575. The van der Waals surface area contributed by atoms with Crippen molar-refractivity contribution in [3.8, 4) is 0 Å². The summed E-state index contributed by atoms with van der Waals surface area (Å²) in [6.45, 7) is 0. The maximum atomic E-state index is 11.2. The predicted molar refractivity (Wildman–Crippen MR) is 29.5 cm³/mol. The summed E-state index contributed by atoms with van der Waals surface area (Å²) in [7, 11) is -15.7. The zero-order chi connectivity index (χ0) is 9.62. The summed E-state index contributed by atoms with van der Waals surface area (Å²) in [5, 5.41) is -3.47. The third kappa shape index (κ3) is 9.91. The molecule has 0 aliphatic rings. The van der Waals surface area contributed by atoms with Gasteiger partial charge in [-0.3, -0.25) is 4.55 Å². The molecule has 0 aromatic heterocycles. The molecule has 0 unspecified atom stereocenters. The van der Waals surface area contributed by atoms with Crippen molar-refractivity contribution >= 4 is 20.3 Å². The summed E-state index contributed by atoms with van der Waals surface area (Å²) in [5.74, 6) is 0. The van der Waals surface area contributed by atoms with E-state index in [0.29, 0.717) is 0 Å². The fourth-order valence-electron chi connectivity index (χ4n) is 0.281. The van der Waals surface area contributed by atoms with Crippen LogP contribution in [0.4, 0.5) is 19.4 Å². The van der Waals surface area contributed by atoms with Gasteiger partial charge in [0, 0.05) is 0 Å². The SMILES string of the molecule is O=S(=O)(O)CS(F)(F)(F)(F)F. The lowest BCUT2D eigenvalue weighted by Crippen LogP contribution is -2.18. The summed E-state index contributed by atoms with van der Waals surface area (Å²) in [5.41, 5.74) is 0. The van der Waals surface area contributed by atoms with Crippen LogP contribution in [0.5, 0.6) is 0 Å². The van der Waals surface area contributed by atoms with Gasteiger partial charge in [0.1, 0.15) is 0 Å². The highest BCUT2D eigenvalue weighted by atomic mass is 32.5. The van der Waals surface area contributed by atoms with Gasteiger partial charge in [0.05, 0.1) is 0 Å². The van der Waals surface area contributed by atoms with Crippen molar-refractivity contribution in [2.75, 3.05) is 5.08 Å². The highest BCUT2D eigenvalue weighted by Gasteiger charge is 2.66. The number of rotatable bonds is 2. The van der Waals surface area contributed by atoms with Crippen molar-refractivity contribution in [3.05, 3.63) is 0 Å². The first kappa shape index (κ1) is 10.9. The van der Waals surface area contributed by atoms with Gasteiger partial charge in [-0.2, -0.15) is 8.42 Å². The average Bonchev–Trinajstić information content (AvgIpc) is 1.05. The second kappa shape index (κ2) is 1.64. The minimum atomic E-state index is -10.0. The molecule has 0 fully saturated rings. The van der Waals surface area contributed by atoms with Gasteiger partial charge in [0.2, 0.25) is 5.08 Å². The van der Waals surface area contributed by atoms with Crippen LogP contribution in [-0.2, 0) is 10.1 Å². The van der Waals surface area contributed by atoms with Crippen molar-refractivity contribution < 1.29 is 32.4 Å². The molecule has 0 aromatic carbocycles. The van der Waals surface area contributed by atoms with Crippen molar-refractivity contribution in [2.24, 2.45) is 0 Å². The van der Waals surface area contributed by atoms with Crippen LogP contribution in [-0.4, -0.2) is 18.1 Å². The monoisotopic (exact) mass is 222 g/mol. The number of hydrogen-bond acceptors (Lipinski definition) is 2. The van der Waals surface area contributed by atoms with Crippen LogP contribution in [0.2, 0.25) is 0 Å². The molecule has 11 heavy (non-hydrogen) atoms. The van der Waals surface area contributed by atoms with Crippen LogP contribution in [0.3, 0.4) is 0 Å². The van der Waals surface area contributed by atoms with Crippen molar-refractivity contribution in [1.29, 1.82) is 0 Å². The molecule has 0 amide bonds. The van der Waals surface area contributed by atoms with Gasteiger partial charge in [0.25, 0.3) is 10.1 Å². The van der Waals surface area contributed by atoms with E-state index in [4.69, 9.17) is 4.55 Å². The second-order valence-electron chi connectivity index (χ2n) is 1.83. The molecule has 72 valence electrons. The predicted octanol–water partition coefficient (Wildman–Crippen LogP) is 2.13. The minimum absolute atomic E-state index is 3.47. The third-order valence-electron chi connectivity index (χ3n) is 0.372. The molecule has 0 aliphatic heterocycles. The zero-order valence-corrected chi connectivity index (χ0v) is 6.31. The topological polar surface area (TPSA) is 54.4 Å². The third-order valence-corrected chi connectivity index (χ3v) is 3.34. The highest BCUT2D eigenvalue weighted by Crippen LogP contribution is 2.97. The Morgan fingerprint density at radius 1 is 1.09 bits per heavy atom. The molecule has 0 rings (SSSR count). The van der Waals surface area contributed by atoms with Gasteiger partial charge in [-0.15, -0.1) is 0 Å². The van der Waals surface area contributed by atoms with Crippen molar-refractivity contribution in [1.82, 2.24) is 0 Å². The Kier molecular flexibility index (Phi) is 1.63. The van der Waals surface area contributed by atoms with Gasteiger partial charge in [-0.25, -0.2) is 0 Å². The maximum Gasteiger partial charge on any atom is 0.300 e. The number of halogens is 5. The molecule has 10 heteroatoms. The molecule has 0 saturated carbocycles. The van der Waals surface area contributed by atoms with Crippen LogP contribution in [0.15, 0.2) is 0 Å². The van der Waals surface area contributed by atoms with E-state index < -0.39 is 25.4 Å². The Balaban J connectivity index is 4.97. The standard InChI is InChI=1S/CH3F5O3S2/c2-11(3,4,5,6)1-10(7,8)9/h1H2,(H,7,8,9). The second-order valence-corrected chi connectivity index (χ2v) is 6.19. The van der Waals surface area contributed by atoms with Gasteiger partial charge in [-0.05, 0) is 0 Å². The van der Waals surface area contributed by atoms with Gasteiger partial charge in [-0.1, -0.05) is 19.4 Å². The van der Waals surface area contributed by atoms with E-state index >= 15 is 0 Å². The first-order valence-electron chi connectivity index (χ1n) is 1.86. The Morgan fingerprint density at radius 2 is 1.36 bits per heavy atom. The van der Waals surface area contributed by atoms with Crippen LogP contribution in [0.1, 0.15) is 0 Å². The molecule has 0 aliphatic carbocycles. The molecule has 0 spiro atoms. The van der Waals surface area contributed by atoms with Crippen LogP contribution < -0.4 is 0 Å². The fourth-order valence-corrected chi connectivity index (χ4v) is 2.53. The summed E-state index contributed by atoms with van der Waals surface area (Å²) in [4.78, 5) is 0. The lowest BCUT2D eigenvalue weighted by Gasteiger charge is -2.38. The summed E-state index contributed by atoms with van der Waals surface area (Å²) in [6, 6.07) is 0. The van der Waals surface area contributed by atoms with Crippen LogP contribution in [0, 0.1) is 0 Å². The van der Waals surface area contributed by atoms with E-state index in [9.17, 15) is 27.8 Å². The molecule has 0 bridgehead atoms. The summed E-state index contributed by atoms with van der Waals surface area (Å²) >= 11 is 0. The largest absolute Gasteiger partial charge is 0.300 e. The van der Waals surface area contributed by atoms with Crippen LogP contribution >= 0.6 is 10.2 Å². The van der Waals surface area contributed by atoms with E-state index in [2.05, 4.69) is 0 Å². The molecule has 3 nitrogen and oxygen atoms in total. The minimum Gasteiger partial charge on any atom is -0.285 e.